The summed E-state index contributed by atoms with van der Waals surface area (Å²) in [6.07, 6.45) is 0.726. The molecule has 5 heteroatoms. The fourth-order valence-corrected chi connectivity index (χ4v) is 3.01. The lowest BCUT2D eigenvalue weighted by atomic mass is 10.2. The van der Waals surface area contributed by atoms with Gasteiger partial charge in [0.1, 0.15) is 6.04 Å². The van der Waals surface area contributed by atoms with Gasteiger partial charge in [-0.2, -0.15) is 0 Å². The molecule has 112 valence electrons. The highest BCUT2D eigenvalue weighted by Crippen LogP contribution is 2.19. The molecule has 0 radical (unpaired) electrons. The van der Waals surface area contributed by atoms with E-state index in [0.717, 1.165) is 22.9 Å². The minimum absolute atomic E-state index is 0.201. The summed E-state index contributed by atoms with van der Waals surface area (Å²) in [5.74, 6) is 0.628. The van der Waals surface area contributed by atoms with E-state index in [-0.39, 0.29) is 18.1 Å². The third kappa shape index (κ3) is 5.92. The number of carbonyl (C=O) groups is 1. The number of nitrogens with zero attached hydrogens (tertiary/aromatic N) is 1. The first-order valence-corrected chi connectivity index (χ1v) is 7.83. The summed E-state index contributed by atoms with van der Waals surface area (Å²) < 4.78 is 4.83. The Bertz CT molecular complexity index is 429. The molecule has 0 amide bonds. The number of thioether (sulfide) groups is 1. The van der Waals surface area contributed by atoms with E-state index in [1.165, 1.54) is 12.7 Å². The molecule has 0 fully saturated rings. The Kier molecular flexibility index (Phi) is 7.02. The van der Waals surface area contributed by atoms with E-state index in [4.69, 9.17) is 4.74 Å². The quantitative estimate of drug-likeness (QED) is 0.619. The number of aryl methyl sites for hydroxylation is 2. The van der Waals surface area contributed by atoms with Gasteiger partial charge < -0.3 is 10.1 Å². The molecule has 0 aliphatic carbocycles. The molecular formula is C15H24N2O2S. The predicted octanol–water partition coefficient (Wildman–Crippen LogP) is 2.72. The van der Waals surface area contributed by atoms with Crippen LogP contribution in [0.1, 0.15) is 31.5 Å². The lowest BCUT2D eigenvalue weighted by molar-refractivity contribution is -0.143. The van der Waals surface area contributed by atoms with Crippen molar-refractivity contribution in [1.29, 1.82) is 0 Å². The summed E-state index contributed by atoms with van der Waals surface area (Å²) in [5.41, 5.74) is 2.24. The van der Waals surface area contributed by atoms with Gasteiger partial charge in [-0.05, 0) is 38.0 Å². The first kappa shape index (κ1) is 17.0. The van der Waals surface area contributed by atoms with Crippen LogP contribution in [0.5, 0.6) is 0 Å². The van der Waals surface area contributed by atoms with Crippen LogP contribution < -0.4 is 5.32 Å². The fraction of sp³-hybridized carbons (Fsp3) is 0.600. The average molecular weight is 296 g/mol. The van der Waals surface area contributed by atoms with E-state index in [1.807, 2.05) is 20.8 Å². The molecule has 0 aromatic carbocycles. The van der Waals surface area contributed by atoms with Crippen LogP contribution in [-0.4, -0.2) is 35.9 Å². The number of nitrogens with one attached hydrogen (secondary N) is 1. The second-order valence-corrected chi connectivity index (χ2v) is 6.27. The molecule has 0 spiro atoms. The Balaban J connectivity index is 2.53. The number of aromatic nitrogens is 1. The van der Waals surface area contributed by atoms with Gasteiger partial charge in [0.25, 0.3) is 0 Å². The van der Waals surface area contributed by atoms with Gasteiger partial charge in [0.15, 0.2) is 0 Å². The van der Waals surface area contributed by atoms with Crippen molar-refractivity contribution in [1.82, 2.24) is 10.3 Å². The maximum atomic E-state index is 11.7. The Morgan fingerprint density at radius 2 is 2.10 bits per heavy atom. The Hall–Kier alpha value is -1.07. The molecule has 1 unspecified atom stereocenters. The van der Waals surface area contributed by atoms with Crippen LogP contribution in [0, 0.1) is 13.8 Å². The van der Waals surface area contributed by atoms with Gasteiger partial charge in [0.05, 0.1) is 12.1 Å². The van der Waals surface area contributed by atoms with Crippen LogP contribution in [0.25, 0.3) is 0 Å². The zero-order chi connectivity index (χ0) is 15.1. The van der Waals surface area contributed by atoms with Crippen molar-refractivity contribution < 1.29 is 9.53 Å². The Labute approximate surface area is 125 Å². The third-order valence-corrected chi connectivity index (χ3v) is 3.70. The van der Waals surface area contributed by atoms with Crippen LogP contribution in [0.2, 0.25) is 0 Å². The molecule has 0 saturated carbocycles. The van der Waals surface area contributed by atoms with Crippen molar-refractivity contribution in [2.24, 2.45) is 0 Å². The number of carbonyl (C=O) groups excluding carboxylic acids is 1. The standard InChI is InChI=1S/C15H24N2O2S/c1-10(2)16-13(15(18)19-5)6-7-20-14-9-11(3)8-12(4)17-14/h8-10,13,16H,6-7H2,1-5H3. The van der Waals surface area contributed by atoms with Crippen molar-refractivity contribution in [2.75, 3.05) is 12.9 Å². The van der Waals surface area contributed by atoms with Gasteiger partial charge >= 0.3 is 5.97 Å². The van der Waals surface area contributed by atoms with Gasteiger partial charge in [-0.25, -0.2) is 4.98 Å². The highest BCUT2D eigenvalue weighted by Gasteiger charge is 2.19. The molecular weight excluding hydrogens is 272 g/mol. The number of hydrogen-bond donors (Lipinski definition) is 1. The third-order valence-electron chi connectivity index (χ3n) is 2.75. The van der Waals surface area contributed by atoms with Crippen molar-refractivity contribution in [3.05, 3.63) is 23.4 Å². The summed E-state index contributed by atoms with van der Waals surface area (Å²) in [6, 6.07) is 4.13. The topological polar surface area (TPSA) is 51.2 Å². The van der Waals surface area contributed by atoms with Gasteiger partial charge in [-0.3, -0.25) is 4.79 Å². The van der Waals surface area contributed by atoms with E-state index in [9.17, 15) is 4.79 Å². The molecule has 1 rings (SSSR count). The predicted molar refractivity (Wildman–Crippen MR) is 83.1 cm³/mol. The smallest absolute Gasteiger partial charge is 0.322 e. The van der Waals surface area contributed by atoms with Crippen molar-refractivity contribution in [2.45, 2.75) is 51.2 Å². The molecule has 1 N–H and O–H groups in total. The van der Waals surface area contributed by atoms with E-state index in [1.54, 1.807) is 11.8 Å². The van der Waals surface area contributed by atoms with E-state index < -0.39 is 0 Å². The molecule has 4 nitrogen and oxygen atoms in total. The number of esters is 1. The molecule has 0 aliphatic rings. The lowest BCUT2D eigenvalue weighted by Gasteiger charge is -2.18. The molecule has 1 aromatic heterocycles. The molecule has 1 aromatic rings. The van der Waals surface area contributed by atoms with Gasteiger partial charge in [-0.15, -0.1) is 11.8 Å². The van der Waals surface area contributed by atoms with Crippen molar-refractivity contribution in [3.8, 4) is 0 Å². The van der Waals surface area contributed by atoms with Crippen molar-refractivity contribution >= 4 is 17.7 Å². The molecule has 1 heterocycles. The van der Waals surface area contributed by atoms with Gasteiger partial charge in [-0.1, -0.05) is 13.8 Å². The molecule has 0 bridgehead atoms. The second-order valence-electron chi connectivity index (χ2n) is 5.16. The largest absolute Gasteiger partial charge is 0.468 e. The number of pyridine rings is 1. The van der Waals surface area contributed by atoms with E-state index in [0.29, 0.717) is 0 Å². The summed E-state index contributed by atoms with van der Waals surface area (Å²) in [5, 5.41) is 4.24. The van der Waals surface area contributed by atoms with E-state index >= 15 is 0 Å². The summed E-state index contributed by atoms with van der Waals surface area (Å²) >= 11 is 1.67. The first-order valence-electron chi connectivity index (χ1n) is 6.84. The molecule has 0 aliphatic heterocycles. The number of hydrogen-bond acceptors (Lipinski definition) is 5. The highest BCUT2D eigenvalue weighted by atomic mass is 32.2. The normalized spacial score (nSPS) is 12.5. The number of ether oxygens (including phenoxy) is 1. The van der Waals surface area contributed by atoms with Crippen LogP contribution in [0.15, 0.2) is 17.2 Å². The average Bonchev–Trinajstić information content (AvgIpc) is 2.35. The number of methoxy groups -OCH3 is 1. The zero-order valence-corrected chi connectivity index (χ0v) is 13.7. The summed E-state index contributed by atoms with van der Waals surface area (Å²) in [4.78, 5) is 16.2. The minimum Gasteiger partial charge on any atom is -0.468 e. The molecule has 20 heavy (non-hydrogen) atoms. The van der Waals surface area contributed by atoms with Gasteiger partial charge in [0.2, 0.25) is 0 Å². The second kappa shape index (κ2) is 8.27. The van der Waals surface area contributed by atoms with Crippen molar-refractivity contribution in [3.63, 3.8) is 0 Å². The van der Waals surface area contributed by atoms with Crippen LogP contribution in [-0.2, 0) is 9.53 Å². The van der Waals surface area contributed by atoms with Gasteiger partial charge in [0, 0.05) is 17.5 Å². The monoisotopic (exact) mass is 296 g/mol. The molecule has 0 saturated heterocycles. The minimum atomic E-state index is -0.251. The van der Waals surface area contributed by atoms with Crippen LogP contribution in [0.4, 0.5) is 0 Å². The fourth-order valence-electron chi connectivity index (χ4n) is 1.97. The Morgan fingerprint density at radius 1 is 1.40 bits per heavy atom. The maximum absolute atomic E-state index is 11.7. The lowest BCUT2D eigenvalue weighted by Crippen LogP contribution is -2.41. The maximum Gasteiger partial charge on any atom is 0.322 e. The summed E-state index contributed by atoms with van der Waals surface area (Å²) in [6.45, 7) is 8.11. The zero-order valence-electron chi connectivity index (χ0n) is 12.9. The Morgan fingerprint density at radius 3 is 2.65 bits per heavy atom. The first-order chi connectivity index (χ1) is 9.42. The summed E-state index contributed by atoms with van der Waals surface area (Å²) in [7, 11) is 1.43. The van der Waals surface area contributed by atoms with Crippen LogP contribution >= 0.6 is 11.8 Å². The SMILES string of the molecule is COC(=O)C(CCSc1cc(C)cc(C)n1)NC(C)C. The molecule has 1 atom stereocenters. The van der Waals surface area contributed by atoms with Crippen LogP contribution in [0.3, 0.4) is 0 Å². The number of rotatable bonds is 7. The highest BCUT2D eigenvalue weighted by molar-refractivity contribution is 7.99. The van der Waals surface area contributed by atoms with E-state index in [2.05, 4.69) is 29.4 Å².